The Bertz CT molecular complexity index is 1080. The van der Waals surface area contributed by atoms with Crippen LogP contribution < -0.4 is 4.90 Å². The second-order valence-corrected chi connectivity index (χ2v) is 7.69. The van der Waals surface area contributed by atoms with Crippen LogP contribution in [0.3, 0.4) is 0 Å². The lowest BCUT2D eigenvalue weighted by atomic mass is 9.72. The molecular formula is C24H19NO2. The lowest BCUT2D eigenvalue weighted by Gasteiger charge is -2.39. The average Bonchev–Trinajstić information content (AvgIpc) is 3.21. The number of likely N-dealkylation sites (N-methyl/N-ethyl adjacent to an activating group) is 1. The molecule has 3 aliphatic rings. The quantitative estimate of drug-likeness (QED) is 0.659. The molecule has 0 spiro atoms. The first-order valence-electron chi connectivity index (χ1n) is 9.42. The van der Waals surface area contributed by atoms with Gasteiger partial charge < -0.3 is 9.64 Å². The summed E-state index contributed by atoms with van der Waals surface area (Å²) >= 11 is 0. The molecule has 3 aromatic carbocycles. The van der Waals surface area contributed by atoms with Gasteiger partial charge >= 0.3 is 0 Å². The highest BCUT2D eigenvalue weighted by molar-refractivity contribution is 6.04. The van der Waals surface area contributed by atoms with Gasteiger partial charge in [-0.2, -0.15) is 0 Å². The molecule has 0 aromatic heterocycles. The van der Waals surface area contributed by atoms with E-state index in [2.05, 4.69) is 66.5 Å². The minimum atomic E-state index is -0.637. The minimum Gasteiger partial charge on any atom is -0.368 e. The number of carbonyl (C=O) groups is 1. The fraction of sp³-hybridized carbons (Fsp3) is 0.208. The Kier molecular flexibility index (Phi) is 2.86. The summed E-state index contributed by atoms with van der Waals surface area (Å²) in [7, 11) is 2.09. The maximum atomic E-state index is 13.3. The molecule has 1 fully saturated rings. The lowest BCUT2D eigenvalue weighted by Crippen LogP contribution is -2.43. The van der Waals surface area contributed by atoms with Crippen molar-refractivity contribution in [2.24, 2.45) is 0 Å². The van der Waals surface area contributed by atoms with Crippen molar-refractivity contribution in [2.75, 3.05) is 11.9 Å². The smallest absolute Gasteiger partial charge is 0.194 e. The van der Waals surface area contributed by atoms with Crippen LogP contribution in [0.5, 0.6) is 0 Å². The van der Waals surface area contributed by atoms with Crippen molar-refractivity contribution in [3.05, 3.63) is 101 Å². The highest BCUT2D eigenvalue weighted by Gasteiger charge is 2.66. The number of nitrogens with zero attached hydrogens (tertiary/aromatic N) is 1. The van der Waals surface area contributed by atoms with Crippen LogP contribution in [0.1, 0.15) is 33.0 Å². The van der Waals surface area contributed by atoms with E-state index in [1.807, 2.05) is 24.3 Å². The van der Waals surface area contributed by atoms with E-state index >= 15 is 0 Å². The second kappa shape index (κ2) is 5.08. The third-order valence-corrected chi connectivity index (χ3v) is 6.56. The van der Waals surface area contributed by atoms with Crippen molar-refractivity contribution in [2.45, 2.75) is 23.7 Å². The number of para-hydroxylation sites is 1. The molecule has 0 aliphatic carbocycles. The highest BCUT2D eigenvalue weighted by Crippen LogP contribution is 2.63. The number of anilines is 1. The number of carbonyl (C=O) groups excluding carboxylic acids is 1. The molecule has 1 saturated heterocycles. The Morgan fingerprint density at radius 2 is 1.59 bits per heavy atom. The van der Waals surface area contributed by atoms with E-state index in [4.69, 9.17) is 4.74 Å². The van der Waals surface area contributed by atoms with Gasteiger partial charge in [0, 0.05) is 24.2 Å². The number of benzene rings is 3. The molecule has 27 heavy (non-hydrogen) atoms. The molecule has 3 aromatic rings. The number of hydrogen-bond acceptors (Lipinski definition) is 3. The first-order valence-corrected chi connectivity index (χ1v) is 9.42. The molecule has 132 valence electrons. The standard InChI is InChI=1S/C24H19NO2/c1-25-19-14-8-6-12-17(19)20-21(25)23-22(26)16-11-5-7-13-18(16)24(20,27-23)15-9-3-2-4-10-15/h2-14,20-21,23H,1H3/t20-,21+,23+,24+/m0/s1. The van der Waals surface area contributed by atoms with E-state index < -0.39 is 11.7 Å². The van der Waals surface area contributed by atoms with Crippen LogP contribution in [0.25, 0.3) is 0 Å². The molecule has 0 unspecified atom stereocenters. The molecule has 6 rings (SSSR count). The minimum absolute atomic E-state index is 0.00232. The molecule has 3 heteroatoms. The number of rotatable bonds is 1. The zero-order valence-corrected chi connectivity index (χ0v) is 15.0. The molecule has 2 bridgehead atoms. The maximum absolute atomic E-state index is 13.3. The topological polar surface area (TPSA) is 29.5 Å². The Morgan fingerprint density at radius 1 is 0.889 bits per heavy atom. The van der Waals surface area contributed by atoms with Crippen LogP contribution in [-0.2, 0) is 10.3 Å². The molecule has 0 radical (unpaired) electrons. The van der Waals surface area contributed by atoms with Crippen molar-refractivity contribution in [1.29, 1.82) is 0 Å². The van der Waals surface area contributed by atoms with Crippen molar-refractivity contribution in [3.63, 3.8) is 0 Å². The van der Waals surface area contributed by atoms with Crippen LogP contribution in [0.2, 0.25) is 0 Å². The Balaban J connectivity index is 1.73. The van der Waals surface area contributed by atoms with Crippen LogP contribution in [0, 0.1) is 0 Å². The number of hydrogen-bond donors (Lipinski definition) is 0. The summed E-state index contributed by atoms with van der Waals surface area (Å²) in [6, 6.07) is 26.9. The van der Waals surface area contributed by atoms with Crippen LogP contribution in [-0.4, -0.2) is 25.0 Å². The van der Waals surface area contributed by atoms with Gasteiger partial charge in [-0.05, 0) is 22.8 Å². The van der Waals surface area contributed by atoms with Gasteiger partial charge in [-0.1, -0.05) is 72.8 Å². The number of ether oxygens (including phenoxy) is 1. The van der Waals surface area contributed by atoms with E-state index in [-0.39, 0.29) is 17.7 Å². The van der Waals surface area contributed by atoms with Gasteiger partial charge in [0.25, 0.3) is 0 Å². The predicted molar refractivity (Wildman–Crippen MR) is 104 cm³/mol. The largest absolute Gasteiger partial charge is 0.368 e. The van der Waals surface area contributed by atoms with E-state index in [0.717, 1.165) is 16.7 Å². The third-order valence-electron chi connectivity index (χ3n) is 6.56. The monoisotopic (exact) mass is 353 g/mol. The van der Waals surface area contributed by atoms with Crippen molar-refractivity contribution < 1.29 is 9.53 Å². The zero-order chi connectivity index (χ0) is 18.2. The van der Waals surface area contributed by atoms with Gasteiger partial charge in [0.1, 0.15) is 11.7 Å². The highest BCUT2D eigenvalue weighted by atomic mass is 16.5. The molecule has 4 atom stereocenters. The zero-order valence-electron chi connectivity index (χ0n) is 15.0. The molecular weight excluding hydrogens is 334 g/mol. The number of Topliss-reactive ketones (excluding diaryl/α,β-unsaturated/α-hetero) is 1. The van der Waals surface area contributed by atoms with Crippen molar-refractivity contribution >= 4 is 11.5 Å². The van der Waals surface area contributed by atoms with Gasteiger partial charge in [-0.15, -0.1) is 0 Å². The van der Waals surface area contributed by atoms with Gasteiger partial charge in [0.05, 0.1) is 6.04 Å². The van der Waals surface area contributed by atoms with E-state index in [9.17, 15) is 4.79 Å². The SMILES string of the molecule is CN1c2ccccc2[C@H]2[C@@H]1[C@H]1O[C@]2(c2ccccc2)c2ccccc2C1=O. The van der Waals surface area contributed by atoms with E-state index in [0.29, 0.717) is 0 Å². The number of ketones is 1. The van der Waals surface area contributed by atoms with E-state index in [1.165, 1.54) is 11.3 Å². The summed E-state index contributed by atoms with van der Waals surface area (Å²) in [6.07, 6.45) is -0.456. The summed E-state index contributed by atoms with van der Waals surface area (Å²) < 4.78 is 6.71. The van der Waals surface area contributed by atoms with Gasteiger partial charge in [-0.3, -0.25) is 4.79 Å². The van der Waals surface area contributed by atoms with Crippen LogP contribution in [0.4, 0.5) is 5.69 Å². The Hall–Kier alpha value is -2.91. The summed E-state index contributed by atoms with van der Waals surface area (Å²) in [4.78, 5) is 15.6. The van der Waals surface area contributed by atoms with Crippen molar-refractivity contribution in [3.8, 4) is 0 Å². The predicted octanol–water partition coefficient (Wildman–Crippen LogP) is 4.13. The Labute approximate surface area is 158 Å². The lowest BCUT2D eigenvalue weighted by molar-refractivity contribution is -0.0241. The molecule has 0 saturated carbocycles. The molecule has 3 heterocycles. The average molecular weight is 353 g/mol. The molecule has 3 nitrogen and oxygen atoms in total. The normalized spacial score (nSPS) is 30.0. The summed E-state index contributed by atoms with van der Waals surface area (Å²) in [5.74, 6) is 0.183. The van der Waals surface area contributed by atoms with Gasteiger partial charge in [0.15, 0.2) is 5.78 Å². The summed E-state index contributed by atoms with van der Waals surface area (Å²) in [5, 5.41) is 0. The fourth-order valence-corrected chi connectivity index (χ4v) is 5.52. The van der Waals surface area contributed by atoms with Crippen molar-refractivity contribution in [1.82, 2.24) is 0 Å². The molecule has 3 aliphatic heterocycles. The maximum Gasteiger partial charge on any atom is 0.194 e. The first-order chi connectivity index (χ1) is 13.2. The first kappa shape index (κ1) is 15.2. The summed E-state index contributed by atoms with van der Waals surface area (Å²) in [6.45, 7) is 0. The van der Waals surface area contributed by atoms with Crippen LogP contribution >= 0.6 is 0 Å². The Morgan fingerprint density at radius 3 is 2.44 bits per heavy atom. The summed E-state index contributed by atoms with van der Waals surface area (Å²) in [5.41, 5.74) is 4.75. The van der Waals surface area contributed by atoms with E-state index in [1.54, 1.807) is 0 Å². The molecule has 0 amide bonds. The third kappa shape index (κ3) is 1.68. The fourth-order valence-electron chi connectivity index (χ4n) is 5.52. The molecule has 0 N–H and O–H groups in total. The second-order valence-electron chi connectivity index (χ2n) is 7.69. The van der Waals surface area contributed by atoms with Gasteiger partial charge in [0.2, 0.25) is 0 Å². The van der Waals surface area contributed by atoms with Gasteiger partial charge in [-0.25, -0.2) is 0 Å². The number of fused-ring (bicyclic) bond motifs is 9. The van der Waals surface area contributed by atoms with Crippen LogP contribution in [0.15, 0.2) is 78.9 Å².